The maximum atomic E-state index is 13.1. The average Bonchev–Trinajstić information content (AvgIpc) is 3.12. The first-order chi connectivity index (χ1) is 12.7. The molecule has 1 heterocycles. The highest BCUT2D eigenvalue weighted by Crippen LogP contribution is 2.09. The molecule has 3 N–H and O–H groups in total. The first-order valence-electron chi connectivity index (χ1n) is 8.94. The Morgan fingerprint density at radius 2 is 2.26 bits per heavy atom. The van der Waals surface area contributed by atoms with Crippen LogP contribution in [0.15, 0.2) is 29.3 Å². The van der Waals surface area contributed by atoms with Crippen LogP contribution in [0.3, 0.4) is 0 Å². The molecule has 0 aliphatic carbocycles. The van der Waals surface area contributed by atoms with Gasteiger partial charge < -0.3 is 25.4 Å². The van der Waals surface area contributed by atoms with E-state index in [2.05, 4.69) is 20.9 Å². The van der Waals surface area contributed by atoms with Crippen molar-refractivity contribution in [3.63, 3.8) is 0 Å². The van der Waals surface area contributed by atoms with Gasteiger partial charge in [-0.05, 0) is 38.0 Å². The lowest BCUT2D eigenvalue weighted by molar-refractivity contribution is -0.114. The SMILES string of the molecule is CCNC(=NCC(=O)Nc1cccc(F)c1)NCCCOC1CCOC1.I. The van der Waals surface area contributed by atoms with E-state index in [9.17, 15) is 9.18 Å². The minimum atomic E-state index is -0.396. The van der Waals surface area contributed by atoms with Gasteiger partial charge in [0.25, 0.3) is 0 Å². The number of carbonyl (C=O) groups is 1. The van der Waals surface area contributed by atoms with Gasteiger partial charge in [0.05, 0.1) is 12.7 Å². The summed E-state index contributed by atoms with van der Waals surface area (Å²) in [5.74, 6) is -0.142. The van der Waals surface area contributed by atoms with Crippen LogP contribution in [0, 0.1) is 5.82 Å². The molecule has 1 aromatic carbocycles. The Kier molecular flexibility index (Phi) is 11.9. The summed E-state index contributed by atoms with van der Waals surface area (Å²) < 4.78 is 24.1. The zero-order valence-corrected chi connectivity index (χ0v) is 17.8. The van der Waals surface area contributed by atoms with E-state index >= 15 is 0 Å². The zero-order valence-electron chi connectivity index (χ0n) is 15.5. The highest BCUT2D eigenvalue weighted by atomic mass is 127. The average molecular weight is 494 g/mol. The summed E-state index contributed by atoms with van der Waals surface area (Å²) in [5.41, 5.74) is 0.413. The maximum absolute atomic E-state index is 13.1. The molecule has 9 heteroatoms. The Balaban J connectivity index is 0.00000364. The van der Waals surface area contributed by atoms with Gasteiger partial charge in [-0.1, -0.05) is 6.07 Å². The number of carbonyl (C=O) groups excluding carboxylic acids is 1. The van der Waals surface area contributed by atoms with Crippen LogP contribution in [0.4, 0.5) is 10.1 Å². The van der Waals surface area contributed by atoms with Crippen molar-refractivity contribution < 1.29 is 18.7 Å². The summed E-state index contributed by atoms with van der Waals surface area (Å²) >= 11 is 0. The van der Waals surface area contributed by atoms with E-state index in [-0.39, 0.29) is 42.5 Å². The number of hydrogen-bond donors (Lipinski definition) is 3. The maximum Gasteiger partial charge on any atom is 0.246 e. The largest absolute Gasteiger partial charge is 0.379 e. The van der Waals surface area contributed by atoms with Gasteiger partial charge in [-0.25, -0.2) is 9.38 Å². The Morgan fingerprint density at radius 3 is 2.96 bits per heavy atom. The van der Waals surface area contributed by atoms with Gasteiger partial charge in [0.15, 0.2) is 5.96 Å². The summed E-state index contributed by atoms with van der Waals surface area (Å²) in [6.45, 7) is 5.38. The van der Waals surface area contributed by atoms with Crippen LogP contribution in [-0.2, 0) is 14.3 Å². The first-order valence-corrected chi connectivity index (χ1v) is 8.94. The van der Waals surface area contributed by atoms with Gasteiger partial charge in [-0.2, -0.15) is 0 Å². The number of aliphatic imine (C=N–C) groups is 1. The molecule has 1 fully saturated rings. The molecular weight excluding hydrogens is 466 g/mol. The van der Waals surface area contributed by atoms with Crippen molar-refractivity contribution >= 4 is 41.5 Å². The van der Waals surface area contributed by atoms with Gasteiger partial charge >= 0.3 is 0 Å². The normalized spacial score (nSPS) is 16.5. The lowest BCUT2D eigenvalue weighted by atomic mass is 10.3. The number of nitrogens with one attached hydrogen (secondary N) is 3. The fraction of sp³-hybridized carbons (Fsp3) is 0.556. The van der Waals surface area contributed by atoms with Crippen LogP contribution in [0.2, 0.25) is 0 Å². The molecule has 0 saturated carbocycles. The second-order valence-electron chi connectivity index (χ2n) is 5.89. The van der Waals surface area contributed by atoms with Crippen molar-refractivity contribution in [2.24, 2.45) is 4.99 Å². The molecule has 0 spiro atoms. The Morgan fingerprint density at radius 1 is 1.41 bits per heavy atom. The number of rotatable bonds is 9. The molecular formula is C18H28FIN4O3. The lowest BCUT2D eigenvalue weighted by Crippen LogP contribution is -2.38. The van der Waals surface area contributed by atoms with Crippen LogP contribution < -0.4 is 16.0 Å². The highest BCUT2D eigenvalue weighted by molar-refractivity contribution is 14.0. The lowest BCUT2D eigenvalue weighted by Gasteiger charge is -2.13. The molecule has 1 aromatic rings. The fourth-order valence-corrected chi connectivity index (χ4v) is 2.43. The van der Waals surface area contributed by atoms with Crippen LogP contribution in [0.1, 0.15) is 19.8 Å². The van der Waals surface area contributed by atoms with E-state index in [1.807, 2.05) is 6.92 Å². The molecule has 1 aliphatic heterocycles. The monoisotopic (exact) mass is 494 g/mol. The van der Waals surface area contributed by atoms with Gasteiger partial charge in [-0.15, -0.1) is 24.0 Å². The second kappa shape index (κ2) is 13.7. The van der Waals surface area contributed by atoms with Crippen LogP contribution in [0.5, 0.6) is 0 Å². The summed E-state index contributed by atoms with van der Waals surface area (Å²) in [4.78, 5) is 16.2. The molecule has 2 rings (SSSR count). The number of amides is 1. The highest BCUT2D eigenvalue weighted by Gasteiger charge is 2.15. The minimum absolute atomic E-state index is 0. The zero-order chi connectivity index (χ0) is 18.6. The quantitative estimate of drug-likeness (QED) is 0.212. The Labute approximate surface area is 176 Å². The first kappa shape index (κ1) is 23.6. The molecule has 152 valence electrons. The number of halogens is 2. The van der Waals surface area contributed by atoms with Crippen LogP contribution in [0.25, 0.3) is 0 Å². The van der Waals surface area contributed by atoms with Gasteiger partial charge in [0.1, 0.15) is 12.4 Å². The molecule has 0 aromatic heterocycles. The predicted molar refractivity (Wildman–Crippen MR) is 114 cm³/mol. The second-order valence-corrected chi connectivity index (χ2v) is 5.89. The van der Waals surface area contributed by atoms with E-state index in [0.717, 1.165) is 19.4 Å². The predicted octanol–water partition coefficient (Wildman–Crippen LogP) is 2.13. The third-order valence-corrected chi connectivity index (χ3v) is 3.69. The number of ether oxygens (including phenoxy) is 2. The number of guanidine groups is 1. The van der Waals surface area contributed by atoms with E-state index in [1.165, 1.54) is 12.1 Å². The van der Waals surface area contributed by atoms with Gasteiger partial charge in [0, 0.05) is 32.0 Å². The van der Waals surface area contributed by atoms with Crippen molar-refractivity contribution in [3.05, 3.63) is 30.1 Å². The van der Waals surface area contributed by atoms with E-state index in [4.69, 9.17) is 9.47 Å². The molecule has 7 nitrogen and oxygen atoms in total. The third-order valence-electron chi connectivity index (χ3n) is 3.69. The van der Waals surface area contributed by atoms with E-state index < -0.39 is 5.82 Å². The van der Waals surface area contributed by atoms with E-state index in [0.29, 0.717) is 38.0 Å². The number of benzene rings is 1. The summed E-state index contributed by atoms with van der Waals surface area (Å²) in [6.07, 6.45) is 2.00. The smallest absolute Gasteiger partial charge is 0.246 e. The standard InChI is InChI=1S/C18H27FN4O3.HI/c1-2-20-18(21-8-4-9-26-16-7-10-25-13-16)22-12-17(24)23-15-6-3-5-14(19)11-15;/h3,5-6,11,16H,2,4,7-10,12-13H2,1H3,(H,23,24)(H2,20,21,22);1H. The number of nitrogens with zero attached hydrogens (tertiary/aromatic N) is 1. The van der Waals surface area contributed by atoms with Crippen LogP contribution in [-0.4, -0.2) is 57.4 Å². The van der Waals surface area contributed by atoms with E-state index in [1.54, 1.807) is 12.1 Å². The number of hydrogen-bond acceptors (Lipinski definition) is 4. The summed E-state index contributed by atoms with van der Waals surface area (Å²) in [6, 6.07) is 5.76. The molecule has 1 unspecified atom stereocenters. The summed E-state index contributed by atoms with van der Waals surface area (Å²) in [5, 5.41) is 8.86. The minimum Gasteiger partial charge on any atom is -0.379 e. The van der Waals surface area contributed by atoms with Crippen molar-refractivity contribution in [2.45, 2.75) is 25.9 Å². The van der Waals surface area contributed by atoms with Gasteiger partial charge in [0.2, 0.25) is 5.91 Å². The van der Waals surface area contributed by atoms with Crippen molar-refractivity contribution in [1.82, 2.24) is 10.6 Å². The molecule has 27 heavy (non-hydrogen) atoms. The molecule has 1 saturated heterocycles. The molecule has 1 atom stereocenters. The number of anilines is 1. The third kappa shape index (κ3) is 9.87. The van der Waals surface area contributed by atoms with Gasteiger partial charge in [-0.3, -0.25) is 4.79 Å². The molecule has 1 aliphatic rings. The topological polar surface area (TPSA) is 84.0 Å². The Bertz CT molecular complexity index is 598. The van der Waals surface area contributed by atoms with Crippen molar-refractivity contribution in [2.75, 3.05) is 44.8 Å². The Hall–Kier alpha value is -1.46. The molecule has 1 amide bonds. The molecule has 0 bridgehead atoms. The molecule has 0 radical (unpaired) electrons. The van der Waals surface area contributed by atoms with Crippen molar-refractivity contribution in [3.8, 4) is 0 Å². The van der Waals surface area contributed by atoms with Crippen LogP contribution >= 0.6 is 24.0 Å². The summed E-state index contributed by atoms with van der Waals surface area (Å²) in [7, 11) is 0. The fourth-order valence-electron chi connectivity index (χ4n) is 2.43. The van der Waals surface area contributed by atoms with Crippen molar-refractivity contribution in [1.29, 1.82) is 0 Å².